The number of hydrogen-bond acceptors (Lipinski definition) is 3. The Morgan fingerprint density at radius 2 is 1.65 bits per heavy atom. The fourth-order valence-electron chi connectivity index (χ4n) is 2.83. The predicted molar refractivity (Wildman–Crippen MR) is 82.5 cm³/mol. The molecule has 0 saturated heterocycles. The van der Waals surface area contributed by atoms with Crippen LogP contribution in [0.25, 0.3) is 0 Å². The molecule has 4 heteroatoms. The molecule has 0 saturated carbocycles. The molecule has 1 unspecified atom stereocenters. The van der Waals surface area contributed by atoms with Crippen LogP contribution in [0.1, 0.15) is 45.2 Å². The number of hydrazine groups is 1. The van der Waals surface area contributed by atoms with Crippen molar-refractivity contribution in [2.24, 2.45) is 12.9 Å². The maximum Gasteiger partial charge on any atom is 0.0748 e. The van der Waals surface area contributed by atoms with Crippen LogP contribution in [-0.4, -0.2) is 9.78 Å². The van der Waals surface area contributed by atoms with Crippen molar-refractivity contribution < 1.29 is 0 Å². The number of nitrogens with zero attached hydrogens (tertiary/aromatic N) is 2. The van der Waals surface area contributed by atoms with E-state index in [1.165, 1.54) is 27.8 Å². The highest BCUT2D eigenvalue weighted by atomic mass is 15.3. The maximum atomic E-state index is 5.85. The fourth-order valence-corrected chi connectivity index (χ4v) is 2.83. The van der Waals surface area contributed by atoms with E-state index in [2.05, 4.69) is 50.4 Å². The second-order valence-electron chi connectivity index (χ2n) is 5.60. The third-order valence-electron chi connectivity index (χ3n) is 4.21. The zero-order valence-electron chi connectivity index (χ0n) is 13.2. The summed E-state index contributed by atoms with van der Waals surface area (Å²) >= 11 is 0. The molecule has 1 atom stereocenters. The van der Waals surface area contributed by atoms with Crippen LogP contribution in [0.3, 0.4) is 0 Å². The third-order valence-corrected chi connectivity index (χ3v) is 4.21. The summed E-state index contributed by atoms with van der Waals surface area (Å²) in [5, 5.41) is 4.50. The van der Waals surface area contributed by atoms with Crippen LogP contribution < -0.4 is 11.3 Å². The van der Waals surface area contributed by atoms with Gasteiger partial charge in [0.05, 0.1) is 11.7 Å². The molecule has 0 spiro atoms. The average molecular weight is 272 g/mol. The van der Waals surface area contributed by atoms with Crippen LogP contribution >= 0.6 is 0 Å². The van der Waals surface area contributed by atoms with Gasteiger partial charge in [0.1, 0.15) is 0 Å². The first-order valence-corrected chi connectivity index (χ1v) is 6.90. The Labute approximate surface area is 121 Å². The molecule has 2 aromatic rings. The van der Waals surface area contributed by atoms with Crippen LogP contribution in [0.5, 0.6) is 0 Å². The van der Waals surface area contributed by atoms with Gasteiger partial charge in [-0.3, -0.25) is 10.5 Å². The molecule has 1 aromatic carbocycles. The van der Waals surface area contributed by atoms with Crippen LogP contribution in [0, 0.1) is 34.6 Å². The van der Waals surface area contributed by atoms with Crippen LogP contribution in [-0.2, 0) is 7.05 Å². The monoisotopic (exact) mass is 272 g/mol. The Hall–Kier alpha value is -1.65. The summed E-state index contributed by atoms with van der Waals surface area (Å²) in [5.41, 5.74) is 11.3. The molecule has 0 radical (unpaired) electrons. The van der Waals surface area contributed by atoms with E-state index in [1.54, 1.807) is 0 Å². The Balaban J connectivity index is 2.61. The predicted octanol–water partition coefficient (Wildman–Crippen LogP) is 2.51. The van der Waals surface area contributed by atoms with Gasteiger partial charge in [-0.25, -0.2) is 5.43 Å². The lowest BCUT2D eigenvalue weighted by molar-refractivity contribution is 0.625. The minimum atomic E-state index is -0.0250. The van der Waals surface area contributed by atoms with Crippen molar-refractivity contribution in [3.05, 3.63) is 51.3 Å². The van der Waals surface area contributed by atoms with E-state index in [4.69, 9.17) is 5.84 Å². The summed E-state index contributed by atoms with van der Waals surface area (Å²) in [4.78, 5) is 0. The summed E-state index contributed by atoms with van der Waals surface area (Å²) in [7, 11) is 1.96. The second-order valence-corrected chi connectivity index (χ2v) is 5.60. The number of nitrogens with two attached hydrogens (primary N) is 1. The summed E-state index contributed by atoms with van der Waals surface area (Å²) in [6, 6.07) is 4.42. The van der Waals surface area contributed by atoms with Crippen LogP contribution in [0.2, 0.25) is 0 Å². The van der Waals surface area contributed by atoms with Gasteiger partial charge in [0.2, 0.25) is 0 Å². The Bertz CT molecular complexity index is 640. The molecule has 0 aliphatic carbocycles. The molecule has 4 nitrogen and oxygen atoms in total. The fraction of sp³-hybridized carbons (Fsp3) is 0.438. The third kappa shape index (κ3) is 2.37. The lowest BCUT2D eigenvalue weighted by Crippen LogP contribution is -2.30. The van der Waals surface area contributed by atoms with Crippen molar-refractivity contribution in [1.29, 1.82) is 0 Å². The van der Waals surface area contributed by atoms with Crippen LogP contribution in [0.15, 0.2) is 12.1 Å². The van der Waals surface area contributed by atoms with Gasteiger partial charge in [0.15, 0.2) is 0 Å². The first-order valence-electron chi connectivity index (χ1n) is 6.90. The van der Waals surface area contributed by atoms with Gasteiger partial charge in [0.25, 0.3) is 0 Å². The highest BCUT2D eigenvalue weighted by Gasteiger charge is 2.22. The molecule has 0 fully saturated rings. The van der Waals surface area contributed by atoms with Gasteiger partial charge in [-0.05, 0) is 56.9 Å². The molecular weight excluding hydrogens is 248 g/mol. The van der Waals surface area contributed by atoms with E-state index >= 15 is 0 Å². The highest BCUT2D eigenvalue weighted by Crippen LogP contribution is 2.30. The SMILES string of the molecule is Cc1cc(C)c(C(NN)c2c(C)nn(C)c2C)cc1C. The van der Waals surface area contributed by atoms with E-state index in [0.29, 0.717) is 0 Å². The van der Waals surface area contributed by atoms with E-state index in [0.717, 1.165) is 11.4 Å². The number of benzene rings is 1. The van der Waals surface area contributed by atoms with Gasteiger partial charge in [-0.15, -0.1) is 0 Å². The minimum absolute atomic E-state index is 0.0250. The molecule has 20 heavy (non-hydrogen) atoms. The minimum Gasteiger partial charge on any atom is -0.272 e. The van der Waals surface area contributed by atoms with Crippen molar-refractivity contribution >= 4 is 0 Å². The molecule has 2 rings (SSSR count). The van der Waals surface area contributed by atoms with Gasteiger partial charge in [-0.2, -0.15) is 5.10 Å². The van der Waals surface area contributed by atoms with Crippen molar-refractivity contribution in [3.63, 3.8) is 0 Å². The van der Waals surface area contributed by atoms with E-state index in [-0.39, 0.29) is 6.04 Å². The zero-order chi connectivity index (χ0) is 15.0. The van der Waals surface area contributed by atoms with E-state index < -0.39 is 0 Å². The van der Waals surface area contributed by atoms with E-state index in [1.807, 2.05) is 18.7 Å². The molecule has 1 aromatic heterocycles. The number of nitrogens with one attached hydrogen (secondary N) is 1. The largest absolute Gasteiger partial charge is 0.272 e. The normalized spacial score (nSPS) is 12.8. The molecular formula is C16H24N4. The van der Waals surface area contributed by atoms with Crippen molar-refractivity contribution in [2.75, 3.05) is 0 Å². The second kappa shape index (κ2) is 5.38. The Kier molecular flexibility index (Phi) is 3.97. The van der Waals surface area contributed by atoms with Gasteiger partial charge in [0, 0.05) is 18.3 Å². The summed E-state index contributed by atoms with van der Waals surface area (Å²) in [5.74, 6) is 5.85. The molecule has 0 bridgehead atoms. The molecule has 1 heterocycles. The summed E-state index contributed by atoms with van der Waals surface area (Å²) in [6.45, 7) is 10.5. The maximum absolute atomic E-state index is 5.85. The average Bonchev–Trinajstić information content (AvgIpc) is 2.63. The summed E-state index contributed by atoms with van der Waals surface area (Å²) in [6.07, 6.45) is 0. The topological polar surface area (TPSA) is 55.9 Å². The Morgan fingerprint density at radius 1 is 1.05 bits per heavy atom. The molecule has 108 valence electrons. The first-order chi connectivity index (χ1) is 9.36. The number of hydrogen-bond donors (Lipinski definition) is 2. The van der Waals surface area contributed by atoms with E-state index in [9.17, 15) is 0 Å². The molecule has 3 N–H and O–H groups in total. The molecule has 0 amide bonds. The van der Waals surface area contributed by atoms with Crippen LogP contribution in [0.4, 0.5) is 0 Å². The van der Waals surface area contributed by atoms with Gasteiger partial charge < -0.3 is 0 Å². The lowest BCUT2D eigenvalue weighted by atomic mass is 9.91. The standard InChI is InChI=1S/C16H24N4/c1-9-7-11(3)14(8-10(9)2)16(18-17)15-12(4)19-20(6)13(15)5/h7-8,16,18H,17H2,1-6H3. The number of aryl methyl sites for hydroxylation is 5. The van der Waals surface area contributed by atoms with Crippen molar-refractivity contribution in [1.82, 2.24) is 15.2 Å². The van der Waals surface area contributed by atoms with Gasteiger partial charge in [-0.1, -0.05) is 12.1 Å². The number of aromatic nitrogens is 2. The summed E-state index contributed by atoms with van der Waals surface area (Å²) < 4.78 is 1.91. The smallest absolute Gasteiger partial charge is 0.0748 e. The highest BCUT2D eigenvalue weighted by molar-refractivity contribution is 5.44. The quantitative estimate of drug-likeness (QED) is 0.667. The van der Waals surface area contributed by atoms with Crippen molar-refractivity contribution in [3.8, 4) is 0 Å². The lowest BCUT2D eigenvalue weighted by Gasteiger charge is -2.21. The molecule has 0 aliphatic heterocycles. The van der Waals surface area contributed by atoms with Gasteiger partial charge >= 0.3 is 0 Å². The first kappa shape index (κ1) is 14.8. The van der Waals surface area contributed by atoms with Crippen molar-refractivity contribution in [2.45, 2.75) is 40.7 Å². The number of rotatable bonds is 3. The molecule has 0 aliphatic rings. The Morgan fingerprint density at radius 3 is 2.15 bits per heavy atom. The zero-order valence-corrected chi connectivity index (χ0v) is 13.2.